The fraction of sp³-hybridized carbons (Fsp3) is 0.500. The van der Waals surface area contributed by atoms with Crippen LogP contribution in [0.4, 0.5) is 23.9 Å². The van der Waals surface area contributed by atoms with Gasteiger partial charge in [-0.1, -0.05) is 6.08 Å². The number of halogens is 3. The summed E-state index contributed by atoms with van der Waals surface area (Å²) in [7, 11) is 0. The molecule has 0 radical (unpaired) electrons. The largest absolute Gasteiger partial charge is 0.412 e. The third-order valence-electron chi connectivity index (χ3n) is 3.18. The summed E-state index contributed by atoms with van der Waals surface area (Å²) < 4.78 is 37.7. The Morgan fingerprint density at radius 3 is 2.62 bits per heavy atom. The van der Waals surface area contributed by atoms with Crippen molar-refractivity contribution in [2.24, 2.45) is 0 Å². The second-order valence-corrected chi connectivity index (χ2v) is 5.76. The number of nitro groups is 1. The lowest BCUT2D eigenvalue weighted by molar-refractivity contribution is -0.383. The van der Waals surface area contributed by atoms with Crippen LogP contribution in [0.3, 0.4) is 0 Å². The first kappa shape index (κ1) is 15.8. The molecule has 1 N–H and O–H groups in total. The van der Waals surface area contributed by atoms with Crippen molar-refractivity contribution in [3.05, 3.63) is 32.7 Å². The van der Waals surface area contributed by atoms with Crippen molar-refractivity contribution in [1.82, 2.24) is 0 Å². The molecule has 0 bridgehead atoms. The van der Waals surface area contributed by atoms with Crippen molar-refractivity contribution in [1.29, 1.82) is 0 Å². The fourth-order valence-corrected chi connectivity index (χ4v) is 3.16. The molecule has 2 rings (SSSR count). The van der Waals surface area contributed by atoms with E-state index in [0.717, 1.165) is 17.4 Å². The highest BCUT2D eigenvalue weighted by Gasteiger charge is 2.36. The fourth-order valence-electron chi connectivity index (χ4n) is 2.06. The van der Waals surface area contributed by atoms with Crippen LogP contribution in [-0.4, -0.2) is 29.3 Å². The minimum absolute atomic E-state index is 0.0323. The molecular weight excluding hydrogens is 309 g/mol. The van der Waals surface area contributed by atoms with E-state index in [4.69, 9.17) is 0 Å². The molecule has 1 aromatic heterocycles. The molecule has 0 aromatic carbocycles. The van der Waals surface area contributed by atoms with Gasteiger partial charge in [0, 0.05) is 29.6 Å². The van der Waals surface area contributed by atoms with E-state index in [0.29, 0.717) is 4.88 Å². The maximum atomic E-state index is 12.6. The van der Waals surface area contributed by atoms with Crippen LogP contribution in [-0.2, 0) is 0 Å². The smallest absolute Gasteiger partial charge is 0.388 e. The second kappa shape index (κ2) is 5.64. The third-order valence-corrected chi connectivity index (χ3v) is 4.54. The summed E-state index contributed by atoms with van der Waals surface area (Å²) in [5, 5.41) is 20.8. The molecule has 0 amide bonds. The maximum absolute atomic E-state index is 12.6. The first-order valence-corrected chi connectivity index (χ1v) is 6.99. The van der Waals surface area contributed by atoms with E-state index in [1.54, 1.807) is 0 Å². The number of rotatable bonds is 3. The van der Waals surface area contributed by atoms with Gasteiger partial charge in [-0.25, -0.2) is 0 Å². The summed E-state index contributed by atoms with van der Waals surface area (Å²) in [6.45, 7) is 1.51. The van der Waals surface area contributed by atoms with E-state index in [2.05, 4.69) is 0 Å². The molecule has 0 spiro atoms. The summed E-state index contributed by atoms with van der Waals surface area (Å²) in [6.07, 6.45) is -4.36. The summed E-state index contributed by atoms with van der Waals surface area (Å²) in [5.74, 6) is 0. The Morgan fingerprint density at radius 2 is 2.19 bits per heavy atom. The zero-order chi connectivity index (χ0) is 15.8. The van der Waals surface area contributed by atoms with Crippen LogP contribution in [0, 0.1) is 10.1 Å². The minimum Gasteiger partial charge on any atom is -0.388 e. The molecule has 1 aliphatic rings. The van der Waals surface area contributed by atoms with Crippen LogP contribution < -0.4 is 4.90 Å². The van der Waals surface area contributed by atoms with E-state index in [9.17, 15) is 28.4 Å². The Morgan fingerprint density at radius 1 is 1.52 bits per heavy atom. The van der Waals surface area contributed by atoms with Gasteiger partial charge in [0.15, 0.2) is 5.00 Å². The zero-order valence-electron chi connectivity index (χ0n) is 11.1. The monoisotopic (exact) mass is 322 g/mol. The van der Waals surface area contributed by atoms with Gasteiger partial charge >= 0.3 is 11.9 Å². The van der Waals surface area contributed by atoms with Crippen molar-refractivity contribution in [2.75, 3.05) is 18.0 Å². The Bertz CT molecular complexity index is 581. The first-order chi connectivity index (χ1) is 9.70. The van der Waals surface area contributed by atoms with Gasteiger partial charge in [0.25, 0.3) is 0 Å². The predicted octanol–water partition coefficient (Wildman–Crippen LogP) is 3.41. The second-order valence-electron chi connectivity index (χ2n) is 4.70. The molecule has 0 saturated carbocycles. The molecular formula is C12H13F3N2O3S. The van der Waals surface area contributed by atoms with Gasteiger partial charge in [0.1, 0.15) is 0 Å². The van der Waals surface area contributed by atoms with Gasteiger partial charge in [-0.2, -0.15) is 13.2 Å². The van der Waals surface area contributed by atoms with E-state index in [-0.39, 0.29) is 30.2 Å². The third kappa shape index (κ3) is 3.35. The van der Waals surface area contributed by atoms with E-state index >= 15 is 0 Å². The number of hydrogen-bond donors (Lipinski definition) is 1. The van der Waals surface area contributed by atoms with Gasteiger partial charge in [0.2, 0.25) is 0 Å². The van der Waals surface area contributed by atoms with Crippen LogP contribution in [0.2, 0.25) is 0 Å². The summed E-state index contributed by atoms with van der Waals surface area (Å²) >= 11 is 1.03. The molecule has 21 heavy (non-hydrogen) atoms. The molecule has 5 nitrogen and oxygen atoms in total. The highest BCUT2D eigenvalue weighted by molar-refractivity contribution is 7.16. The predicted molar refractivity (Wildman–Crippen MR) is 72.6 cm³/mol. The lowest BCUT2D eigenvalue weighted by Gasteiger charge is -2.27. The number of hydrogen-bond acceptors (Lipinski definition) is 5. The molecule has 0 unspecified atom stereocenters. The lowest BCUT2D eigenvalue weighted by Crippen LogP contribution is -2.31. The number of anilines is 1. The van der Waals surface area contributed by atoms with Gasteiger partial charge in [-0.15, -0.1) is 11.3 Å². The highest BCUT2D eigenvalue weighted by atomic mass is 32.1. The van der Waals surface area contributed by atoms with Crippen molar-refractivity contribution < 1.29 is 23.2 Å². The van der Waals surface area contributed by atoms with Gasteiger partial charge in [0.05, 0.1) is 11.0 Å². The number of aliphatic hydroxyl groups excluding tert-OH is 1. The topological polar surface area (TPSA) is 66.6 Å². The molecule has 0 aliphatic carbocycles. The van der Waals surface area contributed by atoms with Gasteiger partial charge in [-0.3, -0.25) is 10.1 Å². The molecule has 116 valence electrons. The molecule has 1 aromatic rings. The van der Waals surface area contributed by atoms with E-state index in [1.807, 2.05) is 0 Å². The standard InChI is InChI=1S/C12H13F3N2O3S/c1-7(18)10-6-9(17(19)20)11(21-10)16-4-2-8(3-5-16)12(13,14)15/h2,6-7,18H,3-5H2,1H3/t7-/m1/s1. The average Bonchev–Trinajstić information content (AvgIpc) is 2.83. The Kier molecular flexibility index (Phi) is 4.24. The van der Waals surface area contributed by atoms with Crippen molar-refractivity contribution >= 4 is 22.0 Å². The van der Waals surface area contributed by atoms with Crippen molar-refractivity contribution in [3.63, 3.8) is 0 Å². The molecule has 9 heteroatoms. The molecule has 0 fully saturated rings. The summed E-state index contributed by atoms with van der Waals surface area (Å²) in [4.78, 5) is 12.4. The zero-order valence-corrected chi connectivity index (χ0v) is 11.9. The minimum atomic E-state index is -4.35. The number of nitrogens with zero attached hydrogens (tertiary/aromatic N) is 2. The maximum Gasteiger partial charge on any atom is 0.412 e. The van der Waals surface area contributed by atoms with Crippen LogP contribution in [0.5, 0.6) is 0 Å². The van der Waals surface area contributed by atoms with Gasteiger partial charge in [-0.05, 0) is 13.3 Å². The van der Waals surface area contributed by atoms with Crippen LogP contribution in [0.15, 0.2) is 17.7 Å². The van der Waals surface area contributed by atoms with E-state index < -0.39 is 22.8 Å². The first-order valence-electron chi connectivity index (χ1n) is 6.17. The molecule has 2 heterocycles. The van der Waals surface area contributed by atoms with Crippen LogP contribution >= 0.6 is 11.3 Å². The van der Waals surface area contributed by atoms with Crippen LogP contribution in [0.1, 0.15) is 24.3 Å². The summed E-state index contributed by atoms with van der Waals surface area (Å²) in [6, 6.07) is 1.27. The number of alkyl halides is 3. The molecule has 0 saturated heterocycles. The Labute approximate surface area is 122 Å². The average molecular weight is 322 g/mol. The number of thiophene rings is 1. The van der Waals surface area contributed by atoms with Gasteiger partial charge < -0.3 is 10.0 Å². The SMILES string of the molecule is C[C@@H](O)c1cc([N+](=O)[O-])c(N2CC=C(C(F)(F)F)CC2)s1. The van der Waals surface area contributed by atoms with E-state index in [1.165, 1.54) is 17.9 Å². The Balaban J connectivity index is 2.28. The van der Waals surface area contributed by atoms with Crippen molar-refractivity contribution in [2.45, 2.75) is 25.6 Å². The highest BCUT2D eigenvalue weighted by Crippen LogP contribution is 2.41. The van der Waals surface area contributed by atoms with Crippen LogP contribution in [0.25, 0.3) is 0 Å². The normalized spacial score (nSPS) is 17.6. The number of aliphatic hydroxyl groups is 1. The quantitative estimate of drug-likeness (QED) is 0.526. The Hall–Kier alpha value is -1.61. The molecule has 1 atom stereocenters. The summed E-state index contributed by atoms with van der Waals surface area (Å²) in [5.41, 5.74) is -0.784. The van der Waals surface area contributed by atoms with Crippen molar-refractivity contribution in [3.8, 4) is 0 Å². The lowest BCUT2D eigenvalue weighted by atomic mass is 10.1. The molecule has 1 aliphatic heterocycles.